The van der Waals surface area contributed by atoms with Crippen LogP contribution in [0.4, 0.5) is 43.9 Å². The van der Waals surface area contributed by atoms with E-state index in [1.54, 1.807) is 0 Å². The van der Waals surface area contributed by atoms with Gasteiger partial charge in [-0.05, 0) is 41.5 Å². The molecule has 0 aliphatic heterocycles. The molecule has 0 amide bonds. The molecule has 0 bridgehead atoms. The van der Waals surface area contributed by atoms with Crippen molar-refractivity contribution < 1.29 is 72.4 Å². The fourth-order valence-corrected chi connectivity index (χ4v) is 5.38. The summed E-state index contributed by atoms with van der Waals surface area (Å²) < 4.78 is 164. The maximum atomic E-state index is 14.6. The second kappa shape index (κ2) is 16.2. The van der Waals surface area contributed by atoms with Gasteiger partial charge in [0.15, 0.2) is 23.3 Å². The number of esters is 2. The molecule has 0 aliphatic rings. The van der Waals surface area contributed by atoms with Crippen LogP contribution in [-0.2, 0) is 39.7 Å². The van der Waals surface area contributed by atoms with Crippen LogP contribution in [0.25, 0.3) is 0 Å². The van der Waals surface area contributed by atoms with Gasteiger partial charge in [-0.25, -0.2) is 27.2 Å². The van der Waals surface area contributed by atoms with Gasteiger partial charge in [0.2, 0.25) is 0 Å². The first kappa shape index (κ1) is 40.5. The van der Waals surface area contributed by atoms with E-state index >= 15 is 0 Å². The number of benzene rings is 4. The summed E-state index contributed by atoms with van der Waals surface area (Å²) in [6, 6.07) is 15.1. The lowest BCUT2D eigenvalue weighted by atomic mass is 9.92. The van der Waals surface area contributed by atoms with Crippen molar-refractivity contribution in [3.8, 4) is 0 Å². The average molecular weight is 759 g/mol. The van der Waals surface area contributed by atoms with Crippen LogP contribution >= 0.6 is 0 Å². The Balaban J connectivity index is 1.78. The van der Waals surface area contributed by atoms with Crippen LogP contribution in [0.2, 0.25) is 0 Å². The normalized spacial score (nSPS) is 15.6. The summed E-state index contributed by atoms with van der Waals surface area (Å²) in [6.45, 7) is 0. The standard InChI is InChI=1S/C37H28F10O6/c1-50-34(36(42,43)44,24-10-5-3-6-11-24)32(48)52-30(22-16-18-26(38)28(40)20-22)14-9-15-31(23-17-19-27(39)29(41)21-23)53-33(49)35(51-2,37(45,46)47)25-12-7-4-8-13-25/h3-14,16-21,30-31H,15H2,1-2H3/b14-9+/t30-,31-,34-,35-/m1/s1. The summed E-state index contributed by atoms with van der Waals surface area (Å²) >= 11 is 0. The first-order chi connectivity index (χ1) is 24.9. The summed E-state index contributed by atoms with van der Waals surface area (Å²) in [5.41, 5.74) is -9.67. The fraction of sp³-hybridized carbons (Fsp3) is 0.243. The molecule has 0 heterocycles. The first-order valence-corrected chi connectivity index (χ1v) is 15.3. The zero-order chi connectivity index (χ0) is 39.2. The Morgan fingerprint density at radius 3 is 1.42 bits per heavy atom. The van der Waals surface area contributed by atoms with E-state index in [1.165, 1.54) is 36.4 Å². The van der Waals surface area contributed by atoms with E-state index in [0.29, 0.717) is 38.5 Å². The van der Waals surface area contributed by atoms with Gasteiger partial charge in [0.1, 0.15) is 12.2 Å². The van der Waals surface area contributed by atoms with Crippen LogP contribution in [0.3, 0.4) is 0 Å². The number of methoxy groups -OCH3 is 2. The summed E-state index contributed by atoms with van der Waals surface area (Å²) in [4.78, 5) is 26.9. The molecule has 0 spiro atoms. The van der Waals surface area contributed by atoms with Gasteiger partial charge >= 0.3 is 24.3 Å². The second-order valence-corrected chi connectivity index (χ2v) is 11.2. The van der Waals surface area contributed by atoms with Crippen LogP contribution in [-0.4, -0.2) is 38.5 Å². The number of carbonyl (C=O) groups excluding carboxylic acids is 2. The summed E-state index contributed by atoms with van der Waals surface area (Å²) in [5.74, 6) is -9.81. The highest BCUT2D eigenvalue weighted by atomic mass is 19.4. The average Bonchev–Trinajstić information content (AvgIpc) is 3.10. The molecule has 53 heavy (non-hydrogen) atoms. The van der Waals surface area contributed by atoms with Crippen LogP contribution in [0, 0.1) is 23.3 Å². The minimum Gasteiger partial charge on any atom is -0.454 e. The van der Waals surface area contributed by atoms with Crippen LogP contribution in [0.1, 0.15) is 40.9 Å². The Bertz CT molecular complexity index is 1920. The maximum absolute atomic E-state index is 14.6. The minimum atomic E-state index is -5.44. The van der Waals surface area contributed by atoms with Crippen molar-refractivity contribution in [2.75, 3.05) is 14.2 Å². The van der Waals surface area contributed by atoms with E-state index in [9.17, 15) is 53.5 Å². The number of alkyl halides is 6. The monoisotopic (exact) mass is 758 g/mol. The lowest BCUT2D eigenvalue weighted by Gasteiger charge is -2.34. The van der Waals surface area contributed by atoms with Gasteiger partial charge in [-0.15, -0.1) is 0 Å². The van der Waals surface area contributed by atoms with Crippen molar-refractivity contribution in [1.29, 1.82) is 0 Å². The van der Waals surface area contributed by atoms with E-state index in [0.717, 1.165) is 48.6 Å². The quantitative estimate of drug-likeness (QED) is 0.0770. The van der Waals surface area contributed by atoms with Gasteiger partial charge in [-0.1, -0.05) is 78.9 Å². The molecule has 0 aromatic heterocycles. The van der Waals surface area contributed by atoms with E-state index < -0.39 is 94.1 Å². The molecule has 0 radical (unpaired) electrons. The Labute approximate surface area is 295 Å². The SMILES string of the molecule is CO[C@@](C(=O)O[C@H](/C=C/C[C@@H](OC(=O)[C@](OC)(c1ccccc1)C(F)(F)F)c1ccc(F)c(F)c1)c1ccc(F)c(F)c1)(c1ccccc1)C(F)(F)F. The number of carbonyl (C=O) groups is 2. The topological polar surface area (TPSA) is 71.1 Å². The summed E-state index contributed by atoms with van der Waals surface area (Å²) in [6.07, 6.45) is -13.7. The second-order valence-electron chi connectivity index (χ2n) is 11.2. The van der Waals surface area contributed by atoms with Crippen molar-refractivity contribution in [2.24, 2.45) is 0 Å². The molecular weight excluding hydrogens is 730 g/mol. The lowest BCUT2D eigenvalue weighted by Crippen LogP contribution is -2.52. The minimum absolute atomic E-state index is 0.386. The molecule has 0 N–H and O–H groups in total. The van der Waals surface area contributed by atoms with Crippen molar-refractivity contribution in [3.05, 3.63) is 155 Å². The predicted octanol–water partition coefficient (Wildman–Crippen LogP) is 9.27. The molecule has 282 valence electrons. The zero-order valence-electron chi connectivity index (χ0n) is 27.5. The molecule has 4 aromatic rings. The highest BCUT2D eigenvalue weighted by molar-refractivity contribution is 5.83. The smallest absolute Gasteiger partial charge is 0.432 e. The summed E-state index contributed by atoms with van der Waals surface area (Å²) in [5, 5.41) is 0. The van der Waals surface area contributed by atoms with Crippen LogP contribution in [0.15, 0.2) is 109 Å². The Morgan fingerprint density at radius 1 is 0.585 bits per heavy atom. The number of ether oxygens (including phenoxy) is 4. The Kier molecular flexibility index (Phi) is 12.4. The van der Waals surface area contributed by atoms with Gasteiger partial charge in [0, 0.05) is 31.8 Å². The molecular formula is C37H28F10O6. The van der Waals surface area contributed by atoms with Crippen LogP contribution < -0.4 is 0 Å². The number of hydrogen-bond acceptors (Lipinski definition) is 6. The third-order valence-corrected chi connectivity index (χ3v) is 8.08. The highest BCUT2D eigenvalue weighted by Crippen LogP contribution is 2.46. The number of halogens is 10. The predicted molar refractivity (Wildman–Crippen MR) is 167 cm³/mol. The van der Waals surface area contributed by atoms with Crippen molar-refractivity contribution in [2.45, 2.75) is 42.2 Å². The molecule has 0 saturated heterocycles. The molecule has 0 saturated carbocycles. The number of rotatable bonds is 13. The van der Waals surface area contributed by atoms with E-state index in [2.05, 4.69) is 0 Å². The van der Waals surface area contributed by atoms with Crippen LogP contribution in [0.5, 0.6) is 0 Å². The molecule has 6 nitrogen and oxygen atoms in total. The van der Waals surface area contributed by atoms with E-state index in [-0.39, 0.29) is 5.56 Å². The fourth-order valence-electron chi connectivity index (χ4n) is 5.38. The highest BCUT2D eigenvalue weighted by Gasteiger charge is 2.65. The van der Waals surface area contributed by atoms with Gasteiger partial charge in [0.05, 0.1) is 0 Å². The number of hydrogen-bond donors (Lipinski definition) is 0. The van der Waals surface area contributed by atoms with E-state index in [1.807, 2.05) is 0 Å². The Hall–Kier alpha value is -5.22. The molecule has 4 atom stereocenters. The van der Waals surface area contributed by atoms with Gasteiger partial charge < -0.3 is 18.9 Å². The molecule has 16 heteroatoms. The zero-order valence-corrected chi connectivity index (χ0v) is 27.5. The molecule has 0 aliphatic carbocycles. The molecule has 4 rings (SSSR count). The van der Waals surface area contributed by atoms with Gasteiger partial charge in [0.25, 0.3) is 11.2 Å². The maximum Gasteiger partial charge on any atom is 0.432 e. The van der Waals surface area contributed by atoms with Gasteiger partial charge in [-0.2, -0.15) is 26.3 Å². The third kappa shape index (κ3) is 8.23. The lowest BCUT2D eigenvalue weighted by molar-refractivity contribution is -0.278. The largest absolute Gasteiger partial charge is 0.454 e. The van der Waals surface area contributed by atoms with Crippen molar-refractivity contribution >= 4 is 11.9 Å². The molecule has 0 unspecified atom stereocenters. The molecule has 0 fully saturated rings. The van der Waals surface area contributed by atoms with Gasteiger partial charge in [-0.3, -0.25) is 0 Å². The molecule has 4 aromatic carbocycles. The third-order valence-electron chi connectivity index (χ3n) is 8.08. The summed E-state index contributed by atoms with van der Waals surface area (Å²) in [7, 11) is 1.17. The Morgan fingerprint density at radius 2 is 1.00 bits per heavy atom. The van der Waals surface area contributed by atoms with E-state index in [4.69, 9.17) is 18.9 Å². The van der Waals surface area contributed by atoms with Crippen molar-refractivity contribution in [1.82, 2.24) is 0 Å². The van der Waals surface area contributed by atoms with Crippen molar-refractivity contribution in [3.63, 3.8) is 0 Å². The first-order valence-electron chi connectivity index (χ1n) is 15.3.